The first kappa shape index (κ1) is 16.3. The fourth-order valence-corrected chi connectivity index (χ4v) is 5.54. The van der Waals surface area contributed by atoms with Crippen LogP contribution in [0.25, 0.3) is 0 Å². The van der Waals surface area contributed by atoms with E-state index in [0.717, 1.165) is 19.3 Å². The van der Waals surface area contributed by atoms with Crippen LogP contribution >= 0.6 is 0 Å². The van der Waals surface area contributed by atoms with Gasteiger partial charge in [-0.3, -0.25) is 0 Å². The van der Waals surface area contributed by atoms with Crippen molar-refractivity contribution in [2.24, 2.45) is 28.1 Å². The van der Waals surface area contributed by atoms with Gasteiger partial charge in [0.15, 0.2) is 0 Å². The van der Waals surface area contributed by atoms with Crippen LogP contribution in [0.15, 0.2) is 24.3 Å². The summed E-state index contributed by atoms with van der Waals surface area (Å²) in [5, 5.41) is 21.3. The maximum Gasteiger partial charge on any atom is 0.0632 e. The Bertz CT molecular complexity index is 506. The minimum Gasteiger partial charge on any atom is -0.392 e. The largest absolute Gasteiger partial charge is 0.392 e. The highest BCUT2D eigenvalue weighted by Crippen LogP contribution is 2.63. The molecule has 6 unspecified atom stereocenters. The molecule has 0 aromatic heterocycles. The van der Waals surface area contributed by atoms with Crippen molar-refractivity contribution >= 4 is 0 Å². The normalized spacial score (nSPS) is 50.5. The molecule has 0 radical (unpaired) electrons. The van der Waals surface area contributed by atoms with Gasteiger partial charge in [-0.25, -0.2) is 0 Å². The summed E-state index contributed by atoms with van der Waals surface area (Å²) in [5.41, 5.74) is 1.58. The van der Waals surface area contributed by atoms with E-state index in [1.807, 2.05) is 0 Å². The standard InChI is InChI=1S/C20H32O2/c1-6-19(4)9-10-20(5)13(12-19)11-15(21)17-14(20)7-8-16(22)18(17,2)3/h6-7,13,15-17,21-22H,1,8-12H2,2-5H3. The zero-order valence-electron chi connectivity index (χ0n) is 14.6. The Morgan fingerprint density at radius 3 is 2.50 bits per heavy atom. The summed E-state index contributed by atoms with van der Waals surface area (Å²) in [5.74, 6) is 0.624. The van der Waals surface area contributed by atoms with Crippen LogP contribution in [0.5, 0.6) is 0 Å². The van der Waals surface area contributed by atoms with Gasteiger partial charge < -0.3 is 10.2 Å². The van der Waals surface area contributed by atoms with Gasteiger partial charge in [0.25, 0.3) is 0 Å². The lowest BCUT2D eigenvalue weighted by Crippen LogP contribution is -2.56. The predicted molar refractivity (Wildman–Crippen MR) is 90.4 cm³/mol. The molecular formula is C20H32O2. The van der Waals surface area contributed by atoms with Crippen LogP contribution in [-0.4, -0.2) is 22.4 Å². The van der Waals surface area contributed by atoms with Crippen LogP contribution in [0.3, 0.4) is 0 Å². The molecule has 2 nitrogen and oxygen atoms in total. The Hall–Kier alpha value is -0.600. The molecule has 0 aromatic rings. The molecule has 2 fully saturated rings. The second kappa shape index (κ2) is 4.95. The van der Waals surface area contributed by atoms with Crippen molar-refractivity contribution in [3.63, 3.8) is 0 Å². The molecule has 6 atom stereocenters. The highest BCUT2D eigenvalue weighted by atomic mass is 16.3. The summed E-state index contributed by atoms with van der Waals surface area (Å²) >= 11 is 0. The highest BCUT2D eigenvalue weighted by Gasteiger charge is 2.57. The van der Waals surface area contributed by atoms with Gasteiger partial charge in [-0.05, 0) is 54.3 Å². The molecule has 2 saturated carbocycles. The summed E-state index contributed by atoms with van der Waals surface area (Å²) in [6.45, 7) is 13.0. The molecule has 0 aliphatic heterocycles. The van der Waals surface area contributed by atoms with Gasteiger partial charge >= 0.3 is 0 Å². The van der Waals surface area contributed by atoms with Gasteiger partial charge in [0.2, 0.25) is 0 Å². The molecule has 0 spiro atoms. The molecule has 0 bridgehead atoms. The molecule has 0 aromatic carbocycles. The van der Waals surface area contributed by atoms with Gasteiger partial charge in [0.1, 0.15) is 0 Å². The summed E-state index contributed by atoms with van der Waals surface area (Å²) in [6, 6.07) is 0. The van der Waals surface area contributed by atoms with Gasteiger partial charge in [0.05, 0.1) is 12.2 Å². The van der Waals surface area contributed by atoms with E-state index in [1.54, 1.807) is 0 Å². The number of rotatable bonds is 1. The van der Waals surface area contributed by atoms with Crippen molar-refractivity contribution in [2.75, 3.05) is 0 Å². The SMILES string of the molecule is C=CC1(C)CCC2(C)C3=CCC(O)C(C)(C)C3C(O)CC2C1. The van der Waals surface area contributed by atoms with Crippen LogP contribution < -0.4 is 0 Å². The quantitative estimate of drug-likeness (QED) is 0.717. The van der Waals surface area contributed by atoms with E-state index in [2.05, 4.69) is 46.4 Å². The van der Waals surface area contributed by atoms with Gasteiger partial charge in [0, 0.05) is 5.92 Å². The molecular weight excluding hydrogens is 272 g/mol. The average Bonchev–Trinajstić information content (AvgIpc) is 2.45. The Balaban J connectivity index is 2.00. The Morgan fingerprint density at radius 2 is 1.86 bits per heavy atom. The Labute approximate surface area is 135 Å². The van der Waals surface area contributed by atoms with Gasteiger partial charge in [-0.2, -0.15) is 0 Å². The number of fused-ring (bicyclic) bond motifs is 3. The fraction of sp³-hybridized carbons (Fsp3) is 0.800. The molecule has 2 heteroatoms. The van der Waals surface area contributed by atoms with E-state index in [4.69, 9.17) is 0 Å². The smallest absolute Gasteiger partial charge is 0.0632 e. The van der Waals surface area contributed by atoms with Crippen molar-refractivity contribution in [3.05, 3.63) is 24.3 Å². The zero-order valence-corrected chi connectivity index (χ0v) is 14.6. The lowest BCUT2D eigenvalue weighted by Gasteiger charge is -2.60. The Kier molecular flexibility index (Phi) is 3.66. The average molecular weight is 304 g/mol. The number of hydrogen-bond donors (Lipinski definition) is 2. The molecule has 3 rings (SSSR count). The minimum absolute atomic E-state index is 0.102. The number of hydrogen-bond acceptors (Lipinski definition) is 2. The highest BCUT2D eigenvalue weighted by molar-refractivity contribution is 5.30. The van der Waals surface area contributed by atoms with Crippen molar-refractivity contribution in [1.29, 1.82) is 0 Å². The molecule has 3 aliphatic rings. The minimum atomic E-state index is -0.349. The maximum absolute atomic E-state index is 10.9. The Morgan fingerprint density at radius 1 is 1.18 bits per heavy atom. The van der Waals surface area contributed by atoms with E-state index in [0.29, 0.717) is 5.92 Å². The van der Waals surface area contributed by atoms with Crippen LogP contribution in [0, 0.1) is 28.1 Å². The second-order valence-electron chi connectivity index (χ2n) is 9.19. The number of aliphatic hydroxyl groups is 2. The zero-order chi connectivity index (χ0) is 16.3. The molecule has 0 saturated heterocycles. The molecule has 0 amide bonds. The first-order chi connectivity index (χ1) is 10.1. The molecule has 22 heavy (non-hydrogen) atoms. The molecule has 124 valence electrons. The lowest BCUT2D eigenvalue weighted by molar-refractivity contribution is -0.0966. The number of aliphatic hydroxyl groups excluding tert-OH is 2. The van der Waals surface area contributed by atoms with Crippen molar-refractivity contribution in [1.82, 2.24) is 0 Å². The van der Waals surface area contributed by atoms with Crippen LogP contribution in [0.4, 0.5) is 0 Å². The fourth-order valence-electron chi connectivity index (χ4n) is 5.54. The van der Waals surface area contributed by atoms with E-state index in [1.165, 1.54) is 18.4 Å². The second-order valence-corrected chi connectivity index (χ2v) is 9.19. The van der Waals surface area contributed by atoms with E-state index < -0.39 is 0 Å². The van der Waals surface area contributed by atoms with Gasteiger partial charge in [-0.1, -0.05) is 45.4 Å². The third-order valence-electron chi connectivity index (χ3n) is 7.45. The van der Waals surface area contributed by atoms with E-state index in [9.17, 15) is 10.2 Å². The summed E-state index contributed by atoms with van der Waals surface area (Å²) in [7, 11) is 0. The van der Waals surface area contributed by atoms with E-state index >= 15 is 0 Å². The maximum atomic E-state index is 10.9. The van der Waals surface area contributed by atoms with Crippen molar-refractivity contribution < 1.29 is 10.2 Å². The summed E-state index contributed by atoms with van der Waals surface area (Å²) in [4.78, 5) is 0. The van der Waals surface area contributed by atoms with Gasteiger partial charge in [-0.15, -0.1) is 6.58 Å². The van der Waals surface area contributed by atoms with Crippen LogP contribution in [0.1, 0.15) is 59.8 Å². The van der Waals surface area contributed by atoms with Crippen molar-refractivity contribution in [3.8, 4) is 0 Å². The third kappa shape index (κ3) is 2.14. The lowest BCUT2D eigenvalue weighted by atomic mass is 9.46. The predicted octanol–water partition coefficient (Wildman–Crippen LogP) is 4.08. The number of allylic oxidation sites excluding steroid dienone is 1. The van der Waals surface area contributed by atoms with E-state index in [-0.39, 0.29) is 34.4 Å². The molecule has 2 N–H and O–H groups in total. The third-order valence-corrected chi connectivity index (χ3v) is 7.45. The first-order valence-corrected chi connectivity index (χ1v) is 8.84. The monoisotopic (exact) mass is 304 g/mol. The van der Waals surface area contributed by atoms with Crippen LogP contribution in [-0.2, 0) is 0 Å². The topological polar surface area (TPSA) is 40.5 Å². The summed E-state index contributed by atoms with van der Waals surface area (Å²) < 4.78 is 0. The molecule has 3 aliphatic carbocycles. The van der Waals surface area contributed by atoms with Crippen LogP contribution in [0.2, 0.25) is 0 Å². The van der Waals surface area contributed by atoms with Crippen molar-refractivity contribution in [2.45, 2.75) is 72.0 Å². The molecule has 0 heterocycles. The summed E-state index contributed by atoms with van der Waals surface area (Å²) in [6.07, 6.45) is 8.75. The first-order valence-electron chi connectivity index (χ1n) is 8.84.